The Morgan fingerprint density at radius 3 is 2.35 bits per heavy atom. The molecule has 0 aliphatic heterocycles. The number of hydrogen-bond donors (Lipinski definition) is 2. The number of benzene rings is 2. The summed E-state index contributed by atoms with van der Waals surface area (Å²) in [6.45, 7) is 1.94. The van der Waals surface area contributed by atoms with Gasteiger partial charge in [0.05, 0.1) is 5.69 Å². The third-order valence-corrected chi connectivity index (χ3v) is 2.64. The highest BCUT2D eigenvalue weighted by atomic mass is 19.1. The maximum absolute atomic E-state index is 13.4. The van der Waals surface area contributed by atoms with Gasteiger partial charge in [-0.1, -0.05) is 24.3 Å². The second-order valence-corrected chi connectivity index (χ2v) is 3.94. The SMILES string of the molecule is CC(Nc1ccccc1F)c1ccc(O)cc1. The van der Waals surface area contributed by atoms with Gasteiger partial charge in [0.15, 0.2) is 0 Å². The van der Waals surface area contributed by atoms with Gasteiger partial charge in [-0.15, -0.1) is 0 Å². The van der Waals surface area contributed by atoms with E-state index in [0.29, 0.717) is 5.69 Å². The molecular weight excluding hydrogens is 217 g/mol. The minimum absolute atomic E-state index is 0.0208. The summed E-state index contributed by atoms with van der Waals surface area (Å²) in [5.41, 5.74) is 1.47. The van der Waals surface area contributed by atoms with Crippen LogP contribution in [0.4, 0.5) is 10.1 Å². The number of anilines is 1. The molecule has 2 aromatic carbocycles. The highest BCUT2D eigenvalue weighted by Crippen LogP contribution is 2.22. The largest absolute Gasteiger partial charge is 0.508 e. The first-order valence-electron chi connectivity index (χ1n) is 5.47. The molecule has 0 heterocycles. The zero-order valence-corrected chi connectivity index (χ0v) is 9.52. The molecule has 0 saturated heterocycles. The van der Waals surface area contributed by atoms with Crippen LogP contribution in [0.5, 0.6) is 5.75 Å². The van der Waals surface area contributed by atoms with E-state index in [9.17, 15) is 9.50 Å². The Kier molecular flexibility index (Phi) is 3.28. The Balaban J connectivity index is 2.14. The molecule has 0 saturated carbocycles. The highest BCUT2D eigenvalue weighted by Gasteiger charge is 2.07. The van der Waals surface area contributed by atoms with Crippen molar-refractivity contribution in [3.63, 3.8) is 0 Å². The van der Waals surface area contributed by atoms with E-state index in [1.54, 1.807) is 30.3 Å². The molecule has 2 N–H and O–H groups in total. The molecule has 1 atom stereocenters. The normalized spacial score (nSPS) is 12.1. The van der Waals surface area contributed by atoms with Gasteiger partial charge in [0.1, 0.15) is 11.6 Å². The maximum Gasteiger partial charge on any atom is 0.146 e. The minimum Gasteiger partial charge on any atom is -0.508 e. The molecule has 0 amide bonds. The Labute approximate surface area is 99.7 Å². The van der Waals surface area contributed by atoms with E-state index >= 15 is 0 Å². The summed E-state index contributed by atoms with van der Waals surface area (Å²) in [5, 5.41) is 12.3. The lowest BCUT2D eigenvalue weighted by molar-refractivity contribution is 0.475. The number of aromatic hydroxyl groups is 1. The van der Waals surface area contributed by atoms with E-state index in [1.165, 1.54) is 6.07 Å². The standard InChI is InChI=1S/C14H14FNO/c1-10(11-6-8-12(17)9-7-11)16-14-5-3-2-4-13(14)15/h2-10,16-17H,1H3. The van der Waals surface area contributed by atoms with E-state index in [0.717, 1.165) is 5.56 Å². The third-order valence-electron chi connectivity index (χ3n) is 2.64. The summed E-state index contributed by atoms with van der Waals surface area (Å²) < 4.78 is 13.4. The number of para-hydroxylation sites is 1. The molecule has 17 heavy (non-hydrogen) atoms. The van der Waals surface area contributed by atoms with Crippen LogP contribution in [0, 0.1) is 5.82 Å². The van der Waals surface area contributed by atoms with Gasteiger partial charge < -0.3 is 10.4 Å². The molecule has 1 unspecified atom stereocenters. The lowest BCUT2D eigenvalue weighted by Gasteiger charge is -2.16. The fourth-order valence-electron chi connectivity index (χ4n) is 1.66. The second kappa shape index (κ2) is 4.87. The van der Waals surface area contributed by atoms with Crippen LogP contribution in [0.2, 0.25) is 0 Å². The number of phenolic OH excluding ortho intramolecular Hbond substituents is 1. The fourth-order valence-corrected chi connectivity index (χ4v) is 1.66. The van der Waals surface area contributed by atoms with Crippen LogP contribution in [0.25, 0.3) is 0 Å². The van der Waals surface area contributed by atoms with Gasteiger partial charge in [-0.05, 0) is 36.8 Å². The number of hydrogen-bond acceptors (Lipinski definition) is 2. The zero-order valence-electron chi connectivity index (χ0n) is 9.52. The summed E-state index contributed by atoms with van der Waals surface area (Å²) in [4.78, 5) is 0. The van der Waals surface area contributed by atoms with Gasteiger partial charge >= 0.3 is 0 Å². The van der Waals surface area contributed by atoms with Crippen LogP contribution in [0.15, 0.2) is 48.5 Å². The predicted molar refractivity (Wildman–Crippen MR) is 66.5 cm³/mol. The molecule has 0 radical (unpaired) electrons. The summed E-state index contributed by atoms with van der Waals surface area (Å²) in [6.07, 6.45) is 0. The van der Waals surface area contributed by atoms with Crippen LogP contribution in [-0.4, -0.2) is 5.11 Å². The topological polar surface area (TPSA) is 32.3 Å². The molecule has 2 aromatic rings. The molecule has 88 valence electrons. The molecule has 2 nitrogen and oxygen atoms in total. The predicted octanol–water partition coefficient (Wildman–Crippen LogP) is 3.70. The minimum atomic E-state index is -0.266. The number of phenols is 1. The van der Waals surface area contributed by atoms with Crippen molar-refractivity contribution in [2.24, 2.45) is 0 Å². The quantitative estimate of drug-likeness (QED) is 0.844. The van der Waals surface area contributed by atoms with Crippen LogP contribution in [-0.2, 0) is 0 Å². The first-order chi connectivity index (χ1) is 8.16. The Morgan fingerprint density at radius 2 is 1.71 bits per heavy atom. The smallest absolute Gasteiger partial charge is 0.146 e. The van der Waals surface area contributed by atoms with E-state index < -0.39 is 0 Å². The van der Waals surface area contributed by atoms with Gasteiger partial charge in [0.2, 0.25) is 0 Å². The molecule has 0 bridgehead atoms. The van der Waals surface area contributed by atoms with Crippen LogP contribution < -0.4 is 5.32 Å². The number of halogens is 1. The molecule has 0 aliphatic rings. The van der Waals surface area contributed by atoms with E-state index in [2.05, 4.69) is 5.32 Å². The fraction of sp³-hybridized carbons (Fsp3) is 0.143. The lowest BCUT2D eigenvalue weighted by Crippen LogP contribution is -2.07. The maximum atomic E-state index is 13.4. The van der Waals surface area contributed by atoms with E-state index in [4.69, 9.17) is 0 Å². The first kappa shape index (κ1) is 11.5. The van der Waals surface area contributed by atoms with Crippen molar-refractivity contribution in [2.45, 2.75) is 13.0 Å². The van der Waals surface area contributed by atoms with Gasteiger partial charge in [-0.3, -0.25) is 0 Å². The molecular formula is C14H14FNO. The average Bonchev–Trinajstić information content (AvgIpc) is 2.33. The van der Waals surface area contributed by atoms with Crippen molar-refractivity contribution in [2.75, 3.05) is 5.32 Å². The lowest BCUT2D eigenvalue weighted by atomic mass is 10.1. The summed E-state index contributed by atoms with van der Waals surface area (Å²) in [5.74, 6) is -0.0371. The van der Waals surface area contributed by atoms with Gasteiger partial charge in [0.25, 0.3) is 0 Å². The highest BCUT2D eigenvalue weighted by molar-refractivity contribution is 5.46. The first-order valence-corrected chi connectivity index (χ1v) is 5.47. The van der Waals surface area contributed by atoms with Crippen molar-refractivity contribution in [3.05, 3.63) is 59.9 Å². The molecule has 3 heteroatoms. The van der Waals surface area contributed by atoms with Gasteiger partial charge in [-0.2, -0.15) is 0 Å². The van der Waals surface area contributed by atoms with Crippen molar-refractivity contribution in [1.29, 1.82) is 0 Å². The van der Waals surface area contributed by atoms with Crippen LogP contribution in [0.3, 0.4) is 0 Å². The van der Waals surface area contributed by atoms with Crippen molar-refractivity contribution in [1.82, 2.24) is 0 Å². The average molecular weight is 231 g/mol. The number of rotatable bonds is 3. The van der Waals surface area contributed by atoms with Gasteiger partial charge in [-0.25, -0.2) is 4.39 Å². The summed E-state index contributed by atoms with van der Waals surface area (Å²) in [6, 6.07) is 13.4. The monoisotopic (exact) mass is 231 g/mol. The third kappa shape index (κ3) is 2.75. The second-order valence-electron chi connectivity index (χ2n) is 3.94. The Bertz CT molecular complexity index is 496. The van der Waals surface area contributed by atoms with Crippen LogP contribution >= 0.6 is 0 Å². The molecule has 2 rings (SSSR count). The molecule has 0 aliphatic carbocycles. The summed E-state index contributed by atoms with van der Waals surface area (Å²) in [7, 11) is 0. The van der Waals surface area contributed by atoms with Crippen molar-refractivity contribution >= 4 is 5.69 Å². The van der Waals surface area contributed by atoms with Crippen molar-refractivity contribution < 1.29 is 9.50 Å². The van der Waals surface area contributed by atoms with Gasteiger partial charge in [0, 0.05) is 6.04 Å². The molecule has 0 fully saturated rings. The Hall–Kier alpha value is -2.03. The molecule has 0 aromatic heterocycles. The van der Waals surface area contributed by atoms with E-state index in [1.807, 2.05) is 19.1 Å². The van der Waals surface area contributed by atoms with Crippen LogP contribution in [0.1, 0.15) is 18.5 Å². The summed E-state index contributed by atoms with van der Waals surface area (Å²) >= 11 is 0. The Morgan fingerprint density at radius 1 is 1.06 bits per heavy atom. The zero-order chi connectivity index (χ0) is 12.3. The van der Waals surface area contributed by atoms with Crippen molar-refractivity contribution in [3.8, 4) is 5.75 Å². The number of nitrogens with one attached hydrogen (secondary N) is 1. The molecule has 0 spiro atoms. The van der Waals surface area contributed by atoms with E-state index in [-0.39, 0.29) is 17.6 Å².